The van der Waals surface area contributed by atoms with Crippen LogP contribution in [-0.4, -0.2) is 12.0 Å². The normalized spacial score (nSPS) is 11.8. The van der Waals surface area contributed by atoms with Gasteiger partial charge in [0.15, 0.2) is 6.10 Å². The lowest BCUT2D eigenvalue weighted by Crippen LogP contribution is -2.30. The molecule has 0 saturated carbocycles. The zero-order chi connectivity index (χ0) is 14.5. The van der Waals surface area contributed by atoms with Crippen molar-refractivity contribution in [1.29, 1.82) is 0 Å². The van der Waals surface area contributed by atoms with Gasteiger partial charge in [0.2, 0.25) is 0 Å². The molecule has 20 heavy (non-hydrogen) atoms. The van der Waals surface area contributed by atoms with Crippen LogP contribution in [0.1, 0.15) is 6.92 Å². The average Bonchev–Trinajstić information content (AvgIpc) is 2.41. The summed E-state index contributed by atoms with van der Waals surface area (Å²) < 4.78 is 5.53. The van der Waals surface area contributed by atoms with Crippen molar-refractivity contribution >= 4 is 34.8 Å². The van der Waals surface area contributed by atoms with Crippen molar-refractivity contribution < 1.29 is 9.53 Å². The van der Waals surface area contributed by atoms with E-state index >= 15 is 0 Å². The molecule has 0 heterocycles. The zero-order valence-corrected chi connectivity index (χ0v) is 12.3. The summed E-state index contributed by atoms with van der Waals surface area (Å²) in [4.78, 5) is 12.0. The number of anilines is 1. The van der Waals surface area contributed by atoms with E-state index in [1.165, 1.54) is 0 Å². The Labute approximate surface area is 127 Å². The summed E-state index contributed by atoms with van der Waals surface area (Å²) in [6, 6.07) is 13.8. The van der Waals surface area contributed by atoms with Crippen LogP contribution in [0.15, 0.2) is 48.5 Å². The Morgan fingerprint density at radius 3 is 2.45 bits per heavy atom. The first-order valence-electron chi connectivity index (χ1n) is 6.03. The molecule has 0 radical (unpaired) electrons. The van der Waals surface area contributed by atoms with Gasteiger partial charge in [-0.05, 0) is 49.4 Å². The van der Waals surface area contributed by atoms with Gasteiger partial charge in [-0.25, -0.2) is 0 Å². The summed E-state index contributed by atoms with van der Waals surface area (Å²) >= 11 is 11.6. The van der Waals surface area contributed by atoms with Crippen molar-refractivity contribution in [1.82, 2.24) is 0 Å². The van der Waals surface area contributed by atoms with Crippen molar-refractivity contribution in [2.24, 2.45) is 0 Å². The van der Waals surface area contributed by atoms with E-state index in [9.17, 15) is 4.79 Å². The summed E-state index contributed by atoms with van der Waals surface area (Å²) in [6.07, 6.45) is -0.635. The fourth-order valence-electron chi connectivity index (χ4n) is 1.58. The number of nitrogens with one attached hydrogen (secondary N) is 1. The minimum atomic E-state index is -0.635. The second kappa shape index (κ2) is 6.64. The molecule has 0 aliphatic heterocycles. The molecule has 0 aromatic heterocycles. The second-order valence-corrected chi connectivity index (χ2v) is 5.09. The van der Waals surface area contributed by atoms with Gasteiger partial charge in [-0.1, -0.05) is 29.3 Å². The van der Waals surface area contributed by atoms with Crippen LogP contribution < -0.4 is 10.1 Å². The molecule has 1 amide bonds. The molecule has 2 aromatic rings. The molecule has 0 fully saturated rings. The van der Waals surface area contributed by atoms with Crippen LogP contribution in [0.5, 0.6) is 5.75 Å². The molecular weight excluding hydrogens is 297 g/mol. The lowest BCUT2D eigenvalue weighted by atomic mass is 10.3. The van der Waals surface area contributed by atoms with E-state index in [-0.39, 0.29) is 5.91 Å². The minimum Gasteiger partial charge on any atom is -0.481 e. The lowest BCUT2D eigenvalue weighted by molar-refractivity contribution is -0.122. The Kier molecular flexibility index (Phi) is 4.88. The Morgan fingerprint density at radius 2 is 1.80 bits per heavy atom. The smallest absolute Gasteiger partial charge is 0.265 e. The van der Waals surface area contributed by atoms with Crippen LogP contribution >= 0.6 is 23.2 Å². The molecular formula is C15H13Cl2NO2. The second-order valence-electron chi connectivity index (χ2n) is 4.21. The number of rotatable bonds is 4. The van der Waals surface area contributed by atoms with E-state index in [1.54, 1.807) is 55.5 Å². The van der Waals surface area contributed by atoms with Crippen LogP contribution in [0.3, 0.4) is 0 Å². The standard InChI is InChI=1S/C15H13Cl2NO2/c1-10(20-14-4-2-3-12(17)9-14)15(19)18-13-7-5-11(16)6-8-13/h2-10H,1H3,(H,18,19). The van der Waals surface area contributed by atoms with Gasteiger partial charge in [-0.2, -0.15) is 0 Å². The molecule has 1 atom stereocenters. The summed E-state index contributed by atoms with van der Waals surface area (Å²) in [5.41, 5.74) is 0.668. The van der Waals surface area contributed by atoms with Gasteiger partial charge < -0.3 is 10.1 Å². The molecule has 1 unspecified atom stereocenters. The number of carbonyl (C=O) groups excluding carboxylic acids is 1. The summed E-state index contributed by atoms with van der Waals surface area (Å²) in [5, 5.41) is 3.93. The van der Waals surface area contributed by atoms with E-state index in [2.05, 4.69) is 5.32 Å². The number of amides is 1. The van der Waals surface area contributed by atoms with Crippen LogP contribution in [0, 0.1) is 0 Å². The maximum Gasteiger partial charge on any atom is 0.265 e. The molecule has 104 valence electrons. The number of hydrogen-bond acceptors (Lipinski definition) is 2. The van der Waals surface area contributed by atoms with Gasteiger partial charge in [0, 0.05) is 15.7 Å². The first-order valence-corrected chi connectivity index (χ1v) is 6.79. The van der Waals surface area contributed by atoms with Crippen molar-refractivity contribution in [3.8, 4) is 5.75 Å². The Bertz CT molecular complexity index is 599. The van der Waals surface area contributed by atoms with Crippen molar-refractivity contribution in [2.75, 3.05) is 5.32 Å². The van der Waals surface area contributed by atoms with Crippen LogP contribution in [-0.2, 0) is 4.79 Å². The summed E-state index contributed by atoms with van der Waals surface area (Å²) in [5.74, 6) is 0.309. The maximum atomic E-state index is 12.0. The van der Waals surface area contributed by atoms with Gasteiger partial charge in [0.1, 0.15) is 5.75 Å². The van der Waals surface area contributed by atoms with Crippen LogP contribution in [0.25, 0.3) is 0 Å². The number of benzene rings is 2. The van der Waals surface area contributed by atoms with Crippen LogP contribution in [0.2, 0.25) is 10.0 Å². The zero-order valence-electron chi connectivity index (χ0n) is 10.8. The molecule has 0 saturated heterocycles. The Balaban J connectivity index is 1.96. The highest BCUT2D eigenvalue weighted by molar-refractivity contribution is 6.31. The van der Waals surface area contributed by atoms with Gasteiger partial charge >= 0.3 is 0 Å². The highest BCUT2D eigenvalue weighted by Crippen LogP contribution is 2.19. The highest BCUT2D eigenvalue weighted by atomic mass is 35.5. The quantitative estimate of drug-likeness (QED) is 0.909. The van der Waals surface area contributed by atoms with Gasteiger partial charge in [-0.3, -0.25) is 4.79 Å². The largest absolute Gasteiger partial charge is 0.481 e. The number of hydrogen-bond donors (Lipinski definition) is 1. The SMILES string of the molecule is CC(Oc1cccc(Cl)c1)C(=O)Nc1ccc(Cl)cc1. The molecule has 0 spiro atoms. The third-order valence-corrected chi connectivity index (χ3v) is 3.08. The predicted octanol–water partition coefficient (Wildman–Crippen LogP) is 4.40. The third-order valence-electron chi connectivity index (χ3n) is 2.59. The topological polar surface area (TPSA) is 38.3 Å². The summed E-state index contributed by atoms with van der Waals surface area (Å²) in [7, 11) is 0. The van der Waals surface area contributed by atoms with Crippen LogP contribution in [0.4, 0.5) is 5.69 Å². The first kappa shape index (κ1) is 14.7. The van der Waals surface area contributed by atoms with E-state index < -0.39 is 6.10 Å². The predicted molar refractivity (Wildman–Crippen MR) is 81.6 cm³/mol. The minimum absolute atomic E-state index is 0.243. The molecule has 0 aliphatic rings. The van der Waals surface area contributed by atoms with Crippen molar-refractivity contribution in [2.45, 2.75) is 13.0 Å². The van der Waals surface area contributed by atoms with E-state index in [0.717, 1.165) is 0 Å². The molecule has 0 aliphatic carbocycles. The number of ether oxygens (including phenoxy) is 1. The highest BCUT2D eigenvalue weighted by Gasteiger charge is 2.14. The number of carbonyl (C=O) groups is 1. The van der Waals surface area contributed by atoms with E-state index in [0.29, 0.717) is 21.5 Å². The van der Waals surface area contributed by atoms with Crippen molar-refractivity contribution in [3.63, 3.8) is 0 Å². The Morgan fingerprint density at radius 1 is 1.10 bits per heavy atom. The molecule has 2 rings (SSSR count). The molecule has 3 nitrogen and oxygen atoms in total. The molecule has 0 bridgehead atoms. The molecule has 2 aromatic carbocycles. The summed E-state index contributed by atoms with van der Waals surface area (Å²) in [6.45, 7) is 1.67. The van der Waals surface area contributed by atoms with Gasteiger partial charge in [0.05, 0.1) is 0 Å². The fourth-order valence-corrected chi connectivity index (χ4v) is 1.88. The van der Waals surface area contributed by atoms with Crippen molar-refractivity contribution in [3.05, 3.63) is 58.6 Å². The van der Waals surface area contributed by atoms with Gasteiger partial charge in [-0.15, -0.1) is 0 Å². The number of halogens is 2. The monoisotopic (exact) mass is 309 g/mol. The third kappa shape index (κ3) is 4.15. The van der Waals surface area contributed by atoms with Gasteiger partial charge in [0.25, 0.3) is 5.91 Å². The molecule has 1 N–H and O–H groups in total. The lowest BCUT2D eigenvalue weighted by Gasteiger charge is -2.15. The molecule has 5 heteroatoms. The van der Waals surface area contributed by atoms with E-state index in [4.69, 9.17) is 27.9 Å². The Hall–Kier alpha value is -1.71. The first-order chi connectivity index (χ1) is 9.54. The van der Waals surface area contributed by atoms with E-state index in [1.807, 2.05) is 0 Å². The maximum absolute atomic E-state index is 12.0. The fraction of sp³-hybridized carbons (Fsp3) is 0.133. The average molecular weight is 310 g/mol.